The van der Waals surface area contributed by atoms with Crippen LogP contribution in [0.4, 0.5) is 0 Å². The van der Waals surface area contributed by atoms with Crippen LogP contribution in [0.25, 0.3) is 0 Å². The van der Waals surface area contributed by atoms with E-state index >= 15 is 0 Å². The van der Waals surface area contributed by atoms with Crippen molar-refractivity contribution in [3.05, 3.63) is 12.7 Å². The lowest BCUT2D eigenvalue weighted by atomic mass is 9.75. The van der Waals surface area contributed by atoms with Gasteiger partial charge in [-0.3, -0.25) is 9.59 Å². The fourth-order valence-electron chi connectivity index (χ4n) is 4.92. The maximum Gasteiger partial charge on any atom is 0.225 e. The van der Waals surface area contributed by atoms with E-state index in [1.807, 2.05) is 16.8 Å². The van der Waals surface area contributed by atoms with Crippen LogP contribution in [0.3, 0.4) is 0 Å². The zero-order valence-electron chi connectivity index (χ0n) is 15.7. The van der Waals surface area contributed by atoms with Crippen molar-refractivity contribution >= 4 is 11.8 Å². The number of nitrogens with zero attached hydrogens (tertiary/aromatic N) is 2. The second-order valence-electron chi connectivity index (χ2n) is 8.25. The summed E-state index contributed by atoms with van der Waals surface area (Å²) in [5.74, 6) is 2.19. The molecule has 1 saturated carbocycles. The lowest BCUT2D eigenvalue weighted by Gasteiger charge is -2.41. The average molecular weight is 348 g/mol. The number of fused-ring (bicyclic) bond motifs is 1. The standard InChI is InChI=1S/C20H32N2O3/c1-4-9-25-13-16-12-21(3)20(24)18-6-8-22(7-5-17(16)18)19(23)15-10-14(2)11-15/h4,14-18H,1,5-13H2,2-3H3/t14?,15?,16-,17-,18-/m0/s1. The number of carbonyl (C=O) groups excluding carboxylic acids is 2. The molecule has 3 atom stereocenters. The minimum absolute atomic E-state index is 0.0363. The molecule has 2 aliphatic heterocycles. The quantitative estimate of drug-likeness (QED) is 0.565. The van der Waals surface area contributed by atoms with Crippen molar-refractivity contribution < 1.29 is 14.3 Å². The predicted molar refractivity (Wildman–Crippen MR) is 96.8 cm³/mol. The SMILES string of the molecule is C=CCOC[C@@H]1CN(C)C(=O)[C@H]2CCN(C(=O)C3CC(C)C3)CC[C@@H]12. The minimum atomic E-state index is 0.0363. The van der Waals surface area contributed by atoms with Crippen molar-refractivity contribution in [2.24, 2.45) is 29.6 Å². The molecule has 140 valence electrons. The number of piperidine rings is 1. The maximum atomic E-state index is 12.7. The Morgan fingerprint density at radius 1 is 1.32 bits per heavy atom. The molecule has 2 saturated heterocycles. The summed E-state index contributed by atoms with van der Waals surface area (Å²) in [4.78, 5) is 29.3. The Morgan fingerprint density at radius 2 is 2.04 bits per heavy atom. The Hall–Kier alpha value is -1.36. The number of amides is 2. The second-order valence-corrected chi connectivity index (χ2v) is 8.25. The van der Waals surface area contributed by atoms with Crippen LogP contribution in [0, 0.1) is 29.6 Å². The molecule has 5 heteroatoms. The molecule has 0 aromatic carbocycles. The molecule has 0 N–H and O–H groups in total. The van der Waals surface area contributed by atoms with Crippen molar-refractivity contribution in [1.29, 1.82) is 0 Å². The third kappa shape index (κ3) is 3.91. The molecule has 25 heavy (non-hydrogen) atoms. The minimum Gasteiger partial charge on any atom is -0.377 e. The zero-order chi connectivity index (χ0) is 18.0. The first kappa shape index (κ1) is 18.4. The van der Waals surface area contributed by atoms with Crippen LogP contribution in [0.1, 0.15) is 32.6 Å². The summed E-state index contributed by atoms with van der Waals surface area (Å²) < 4.78 is 5.71. The third-order valence-electron chi connectivity index (χ3n) is 6.37. The number of rotatable bonds is 5. The van der Waals surface area contributed by atoms with Gasteiger partial charge < -0.3 is 14.5 Å². The molecule has 0 aromatic heterocycles. The van der Waals surface area contributed by atoms with E-state index in [1.165, 1.54) is 0 Å². The van der Waals surface area contributed by atoms with Gasteiger partial charge >= 0.3 is 0 Å². The molecule has 5 nitrogen and oxygen atoms in total. The highest BCUT2D eigenvalue weighted by atomic mass is 16.5. The van der Waals surface area contributed by atoms with Gasteiger partial charge in [-0.2, -0.15) is 0 Å². The molecule has 3 fully saturated rings. The Balaban J connectivity index is 1.65. The molecule has 2 heterocycles. The van der Waals surface area contributed by atoms with E-state index in [-0.39, 0.29) is 17.7 Å². The van der Waals surface area contributed by atoms with Crippen LogP contribution in [0.2, 0.25) is 0 Å². The van der Waals surface area contributed by atoms with Crippen LogP contribution >= 0.6 is 0 Å². The first-order chi connectivity index (χ1) is 12.0. The summed E-state index contributed by atoms with van der Waals surface area (Å²) >= 11 is 0. The van der Waals surface area contributed by atoms with Crippen LogP contribution in [0.15, 0.2) is 12.7 Å². The van der Waals surface area contributed by atoms with Crippen molar-refractivity contribution in [2.45, 2.75) is 32.6 Å². The first-order valence-corrected chi connectivity index (χ1v) is 9.73. The van der Waals surface area contributed by atoms with Gasteiger partial charge in [0.2, 0.25) is 11.8 Å². The third-order valence-corrected chi connectivity index (χ3v) is 6.37. The van der Waals surface area contributed by atoms with Crippen LogP contribution in [-0.2, 0) is 14.3 Å². The van der Waals surface area contributed by atoms with Crippen molar-refractivity contribution in [1.82, 2.24) is 9.80 Å². The molecule has 3 aliphatic rings. The van der Waals surface area contributed by atoms with Gasteiger partial charge in [-0.15, -0.1) is 6.58 Å². The number of carbonyl (C=O) groups is 2. The van der Waals surface area contributed by atoms with E-state index in [0.717, 1.165) is 45.3 Å². The molecular weight excluding hydrogens is 316 g/mol. The van der Waals surface area contributed by atoms with Crippen LogP contribution in [-0.4, -0.2) is 61.5 Å². The molecular formula is C20H32N2O3. The zero-order valence-corrected chi connectivity index (χ0v) is 15.7. The maximum absolute atomic E-state index is 12.7. The van der Waals surface area contributed by atoms with Gasteiger partial charge in [-0.05, 0) is 37.5 Å². The van der Waals surface area contributed by atoms with Gasteiger partial charge in [-0.1, -0.05) is 13.0 Å². The van der Waals surface area contributed by atoms with Crippen molar-refractivity contribution in [3.63, 3.8) is 0 Å². The normalized spacial score (nSPS) is 35.6. The van der Waals surface area contributed by atoms with Crippen molar-refractivity contribution in [3.8, 4) is 0 Å². The fourth-order valence-corrected chi connectivity index (χ4v) is 4.92. The number of likely N-dealkylation sites (tertiary alicyclic amines) is 2. The molecule has 3 rings (SSSR count). The highest BCUT2D eigenvalue weighted by molar-refractivity contribution is 5.81. The molecule has 0 spiro atoms. The fraction of sp³-hybridized carbons (Fsp3) is 0.800. The van der Waals surface area contributed by atoms with Gasteiger partial charge in [0.1, 0.15) is 0 Å². The van der Waals surface area contributed by atoms with E-state index < -0.39 is 0 Å². The second kappa shape index (κ2) is 7.90. The Bertz CT molecular complexity index is 515. The predicted octanol–water partition coefficient (Wildman–Crippen LogP) is 2.18. The number of hydrogen-bond donors (Lipinski definition) is 0. The van der Waals surface area contributed by atoms with Gasteiger partial charge in [0.15, 0.2) is 0 Å². The van der Waals surface area contributed by atoms with E-state index in [2.05, 4.69) is 13.5 Å². The smallest absolute Gasteiger partial charge is 0.225 e. The summed E-state index contributed by atoms with van der Waals surface area (Å²) in [6, 6.07) is 0. The Morgan fingerprint density at radius 3 is 2.72 bits per heavy atom. The molecule has 0 unspecified atom stereocenters. The molecule has 0 bridgehead atoms. The van der Waals surface area contributed by atoms with Crippen molar-refractivity contribution in [2.75, 3.05) is 39.9 Å². The van der Waals surface area contributed by atoms with Gasteiger partial charge in [0.05, 0.1) is 13.2 Å². The Labute approximate surface area is 151 Å². The van der Waals surface area contributed by atoms with Crippen LogP contribution < -0.4 is 0 Å². The summed E-state index contributed by atoms with van der Waals surface area (Å²) in [5, 5.41) is 0. The largest absolute Gasteiger partial charge is 0.377 e. The van der Waals surface area contributed by atoms with E-state index in [9.17, 15) is 9.59 Å². The molecule has 0 aromatic rings. The molecule has 1 aliphatic carbocycles. The van der Waals surface area contributed by atoms with E-state index in [1.54, 1.807) is 6.08 Å². The summed E-state index contributed by atoms with van der Waals surface area (Å²) in [5.41, 5.74) is 0. The van der Waals surface area contributed by atoms with Gasteiger partial charge in [-0.25, -0.2) is 0 Å². The summed E-state index contributed by atoms with van der Waals surface area (Å²) in [6.07, 6.45) is 5.53. The molecule has 0 radical (unpaired) electrons. The molecule has 2 amide bonds. The van der Waals surface area contributed by atoms with E-state index in [4.69, 9.17) is 4.74 Å². The van der Waals surface area contributed by atoms with Crippen LogP contribution in [0.5, 0.6) is 0 Å². The highest BCUT2D eigenvalue weighted by Gasteiger charge is 2.44. The topological polar surface area (TPSA) is 49.9 Å². The lowest BCUT2D eigenvalue weighted by Crippen LogP contribution is -2.50. The Kier molecular flexibility index (Phi) is 5.82. The monoisotopic (exact) mass is 348 g/mol. The van der Waals surface area contributed by atoms with Gasteiger partial charge in [0.25, 0.3) is 0 Å². The first-order valence-electron chi connectivity index (χ1n) is 9.73. The van der Waals surface area contributed by atoms with E-state index in [0.29, 0.717) is 36.9 Å². The number of ether oxygens (including phenoxy) is 1. The number of hydrogen-bond acceptors (Lipinski definition) is 3. The summed E-state index contributed by atoms with van der Waals surface area (Å²) in [7, 11) is 1.89. The average Bonchev–Trinajstić information content (AvgIpc) is 2.79. The lowest BCUT2D eigenvalue weighted by molar-refractivity contribution is -0.144. The highest BCUT2D eigenvalue weighted by Crippen LogP contribution is 2.39. The summed E-state index contributed by atoms with van der Waals surface area (Å²) in [6.45, 7) is 9.40. The van der Waals surface area contributed by atoms with Gasteiger partial charge in [0, 0.05) is 44.4 Å².